The lowest BCUT2D eigenvalue weighted by Crippen LogP contribution is -2.26. The third kappa shape index (κ3) is 4.91. The van der Waals surface area contributed by atoms with Crippen LogP contribution in [0.2, 0.25) is 5.02 Å². The molecule has 4 aromatic rings. The Balaban J connectivity index is 1.69. The Kier molecular flexibility index (Phi) is 6.75. The highest BCUT2D eigenvalue weighted by atomic mass is 35.5. The number of halogens is 1. The van der Waals surface area contributed by atoms with Crippen LogP contribution in [-0.2, 0) is 6.42 Å². The first-order chi connectivity index (χ1) is 16.0. The second-order valence-corrected chi connectivity index (χ2v) is 7.87. The van der Waals surface area contributed by atoms with Gasteiger partial charge in [0, 0.05) is 34.6 Å². The number of ether oxygens (including phenoxy) is 3. The van der Waals surface area contributed by atoms with Crippen LogP contribution in [-0.4, -0.2) is 33.8 Å². The monoisotopic (exact) mass is 465 g/mol. The molecule has 4 rings (SSSR count). The number of carbonyl (C=O) groups excluding carboxylic acids is 1. The van der Waals surface area contributed by atoms with E-state index in [0.29, 0.717) is 51.8 Å². The fourth-order valence-electron chi connectivity index (χ4n) is 3.68. The lowest BCUT2D eigenvalue weighted by atomic mass is 9.99. The van der Waals surface area contributed by atoms with Gasteiger partial charge in [0.1, 0.15) is 22.8 Å². The Bertz CT molecular complexity index is 1260. The largest absolute Gasteiger partial charge is 0.497 e. The van der Waals surface area contributed by atoms with E-state index < -0.39 is 0 Å². The van der Waals surface area contributed by atoms with E-state index in [1.54, 1.807) is 45.8 Å². The van der Waals surface area contributed by atoms with E-state index in [0.717, 1.165) is 16.7 Å². The summed E-state index contributed by atoms with van der Waals surface area (Å²) in [6, 6.07) is 16.6. The van der Waals surface area contributed by atoms with Gasteiger partial charge < -0.3 is 23.9 Å². The Morgan fingerprint density at radius 1 is 0.909 bits per heavy atom. The quantitative estimate of drug-likeness (QED) is 0.358. The average Bonchev–Trinajstić information content (AvgIpc) is 3.28. The van der Waals surface area contributed by atoms with Gasteiger partial charge in [0.2, 0.25) is 0 Å². The van der Waals surface area contributed by atoms with Crippen molar-refractivity contribution in [2.45, 2.75) is 6.42 Å². The number of fused-ring (bicyclic) bond motifs is 1. The number of benzene rings is 3. The Morgan fingerprint density at radius 2 is 1.55 bits per heavy atom. The van der Waals surface area contributed by atoms with E-state index in [1.807, 2.05) is 36.4 Å². The van der Waals surface area contributed by atoms with Crippen LogP contribution < -0.4 is 19.5 Å². The number of hydrogen-bond acceptors (Lipinski definition) is 5. The van der Waals surface area contributed by atoms with Gasteiger partial charge in [0.05, 0.1) is 33.2 Å². The van der Waals surface area contributed by atoms with Gasteiger partial charge in [0.15, 0.2) is 0 Å². The highest BCUT2D eigenvalue weighted by Crippen LogP contribution is 2.38. The molecule has 1 heterocycles. The highest BCUT2D eigenvalue weighted by Gasteiger charge is 2.20. The molecule has 6 nitrogen and oxygen atoms in total. The molecular weight excluding hydrogens is 442 g/mol. The zero-order valence-corrected chi connectivity index (χ0v) is 19.4. The van der Waals surface area contributed by atoms with Crippen LogP contribution in [0.15, 0.2) is 65.3 Å². The lowest BCUT2D eigenvalue weighted by molar-refractivity contribution is 0.0955. The molecular formula is C26H24ClNO5. The molecule has 0 aliphatic rings. The maximum Gasteiger partial charge on any atom is 0.252 e. The predicted molar refractivity (Wildman–Crippen MR) is 129 cm³/mol. The predicted octanol–water partition coefficient (Wildman–Crippen LogP) is 5.75. The van der Waals surface area contributed by atoms with Crippen molar-refractivity contribution in [1.82, 2.24) is 5.32 Å². The van der Waals surface area contributed by atoms with Crippen LogP contribution in [0.1, 0.15) is 15.9 Å². The topological polar surface area (TPSA) is 69.9 Å². The molecule has 1 aromatic heterocycles. The molecule has 0 aliphatic heterocycles. The van der Waals surface area contributed by atoms with Crippen molar-refractivity contribution in [3.8, 4) is 28.4 Å². The number of rotatable bonds is 8. The molecule has 1 amide bonds. The van der Waals surface area contributed by atoms with E-state index in [1.165, 1.54) is 0 Å². The summed E-state index contributed by atoms with van der Waals surface area (Å²) in [5.41, 5.74) is 3.67. The molecule has 0 saturated heterocycles. The van der Waals surface area contributed by atoms with E-state index in [-0.39, 0.29) is 5.91 Å². The Hall–Kier alpha value is -3.64. The summed E-state index contributed by atoms with van der Waals surface area (Å²) in [4.78, 5) is 13.2. The van der Waals surface area contributed by atoms with Gasteiger partial charge in [0.25, 0.3) is 5.91 Å². The molecule has 0 saturated carbocycles. The summed E-state index contributed by atoms with van der Waals surface area (Å²) < 4.78 is 22.0. The number of furan rings is 1. The number of hydrogen-bond donors (Lipinski definition) is 1. The van der Waals surface area contributed by atoms with Gasteiger partial charge in [-0.1, -0.05) is 23.7 Å². The summed E-state index contributed by atoms with van der Waals surface area (Å²) in [7, 11) is 4.74. The van der Waals surface area contributed by atoms with E-state index in [4.69, 9.17) is 30.2 Å². The van der Waals surface area contributed by atoms with Crippen molar-refractivity contribution < 1.29 is 23.4 Å². The van der Waals surface area contributed by atoms with E-state index in [9.17, 15) is 4.79 Å². The summed E-state index contributed by atoms with van der Waals surface area (Å²) in [6.07, 6.45) is 2.31. The number of nitrogens with one attached hydrogen (secondary N) is 1. The second-order valence-electron chi connectivity index (χ2n) is 7.43. The van der Waals surface area contributed by atoms with Gasteiger partial charge in [-0.05, 0) is 47.9 Å². The molecule has 33 heavy (non-hydrogen) atoms. The fourth-order valence-corrected chi connectivity index (χ4v) is 3.81. The van der Waals surface area contributed by atoms with Crippen LogP contribution in [0.25, 0.3) is 22.1 Å². The standard InChI is InChI=1S/C26H24ClNO5/c1-30-19-10-17(11-20(12-19)31-2)23-15-33-24-14-21(32-3)13-22(25(23)24)26(29)28-9-8-16-4-6-18(27)7-5-16/h4-7,10-15H,8-9H2,1-3H3,(H,28,29). The maximum absolute atomic E-state index is 13.2. The Labute approximate surface area is 197 Å². The number of carbonyl (C=O) groups is 1. The fraction of sp³-hybridized carbons (Fsp3) is 0.192. The van der Waals surface area contributed by atoms with Crippen molar-refractivity contribution in [3.05, 3.63) is 77.0 Å². The molecule has 1 N–H and O–H groups in total. The molecule has 0 radical (unpaired) electrons. The van der Waals surface area contributed by atoms with Crippen molar-refractivity contribution >= 4 is 28.5 Å². The summed E-state index contributed by atoms with van der Waals surface area (Å²) in [6.45, 7) is 0.472. The minimum atomic E-state index is -0.217. The summed E-state index contributed by atoms with van der Waals surface area (Å²) >= 11 is 5.95. The van der Waals surface area contributed by atoms with E-state index >= 15 is 0 Å². The van der Waals surface area contributed by atoms with E-state index in [2.05, 4.69) is 5.32 Å². The third-order valence-corrected chi connectivity index (χ3v) is 5.66. The Morgan fingerprint density at radius 3 is 2.18 bits per heavy atom. The molecule has 0 unspecified atom stereocenters. The average molecular weight is 466 g/mol. The molecule has 170 valence electrons. The SMILES string of the molecule is COc1cc(OC)cc(-c2coc3cc(OC)cc(C(=O)NCCc4ccc(Cl)cc4)c23)c1. The second kappa shape index (κ2) is 9.88. The zero-order valence-electron chi connectivity index (χ0n) is 18.6. The van der Waals surface area contributed by atoms with Crippen LogP contribution in [0.4, 0.5) is 0 Å². The highest BCUT2D eigenvalue weighted by molar-refractivity contribution is 6.30. The molecule has 0 fully saturated rings. The van der Waals surface area contributed by atoms with Crippen molar-refractivity contribution in [1.29, 1.82) is 0 Å². The van der Waals surface area contributed by atoms with Crippen LogP contribution in [0.3, 0.4) is 0 Å². The van der Waals surface area contributed by atoms with Gasteiger partial charge >= 0.3 is 0 Å². The lowest BCUT2D eigenvalue weighted by Gasteiger charge is -2.11. The molecule has 0 aliphatic carbocycles. The van der Waals surface area contributed by atoms with Gasteiger partial charge in [-0.3, -0.25) is 4.79 Å². The van der Waals surface area contributed by atoms with Crippen molar-refractivity contribution in [2.75, 3.05) is 27.9 Å². The summed E-state index contributed by atoms with van der Waals surface area (Å²) in [5, 5.41) is 4.37. The van der Waals surface area contributed by atoms with Gasteiger partial charge in [-0.25, -0.2) is 0 Å². The molecule has 0 bridgehead atoms. The molecule has 3 aromatic carbocycles. The first kappa shape index (κ1) is 22.6. The minimum absolute atomic E-state index is 0.217. The number of methoxy groups -OCH3 is 3. The normalized spacial score (nSPS) is 10.8. The molecule has 7 heteroatoms. The molecule has 0 atom stereocenters. The van der Waals surface area contributed by atoms with Gasteiger partial charge in [-0.15, -0.1) is 0 Å². The van der Waals surface area contributed by atoms with Crippen molar-refractivity contribution in [2.24, 2.45) is 0 Å². The third-order valence-electron chi connectivity index (χ3n) is 5.40. The number of amides is 1. The van der Waals surface area contributed by atoms with Gasteiger partial charge in [-0.2, -0.15) is 0 Å². The smallest absolute Gasteiger partial charge is 0.252 e. The molecule has 0 spiro atoms. The first-order valence-corrected chi connectivity index (χ1v) is 10.8. The van der Waals surface area contributed by atoms with Crippen molar-refractivity contribution in [3.63, 3.8) is 0 Å². The first-order valence-electron chi connectivity index (χ1n) is 10.4. The minimum Gasteiger partial charge on any atom is -0.497 e. The van der Waals surface area contributed by atoms with Crippen LogP contribution >= 0.6 is 11.6 Å². The zero-order chi connectivity index (χ0) is 23.4. The maximum atomic E-state index is 13.2. The van der Waals surface area contributed by atoms with Crippen LogP contribution in [0.5, 0.6) is 17.2 Å². The summed E-state index contributed by atoms with van der Waals surface area (Å²) in [5.74, 6) is 1.60. The van der Waals surface area contributed by atoms with Crippen LogP contribution in [0, 0.1) is 0 Å².